The van der Waals surface area contributed by atoms with Gasteiger partial charge in [0, 0.05) is 42.2 Å². The van der Waals surface area contributed by atoms with Crippen LogP contribution in [-0.2, 0) is 6.54 Å². The maximum absolute atomic E-state index is 12.5. The molecule has 1 fully saturated rings. The van der Waals surface area contributed by atoms with E-state index in [0.717, 1.165) is 37.5 Å². The third-order valence-electron chi connectivity index (χ3n) is 5.72. The van der Waals surface area contributed by atoms with Crippen LogP contribution in [0.2, 0.25) is 0 Å². The molecule has 35 heavy (non-hydrogen) atoms. The summed E-state index contributed by atoms with van der Waals surface area (Å²) in [5.74, 6) is 2.51. The molecule has 0 atom stereocenters. The van der Waals surface area contributed by atoms with Gasteiger partial charge in [0.15, 0.2) is 0 Å². The molecule has 1 aliphatic rings. The van der Waals surface area contributed by atoms with E-state index < -0.39 is 0 Å². The Labute approximate surface area is 205 Å². The number of anilines is 3. The van der Waals surface area contributed by atoms with Crippen molar-refractivity contribution in [1.29, 1.82) is 0 Å². The van der Waals surface area contributed by atoms with Crippen molar-refractivity contribution in [3.63, 3.8) is 0 Å². The fourth-order valence-corrected chi connectivity index (χ4v) is 4.00. The van der Waals surface area contributed by atoms with Gasteiger partial charge in [0.25, 0.3) is 0 Å². The van der Waals surface area contributed by atoms with E-state index in [2.05, 4.69) is 30.8 Å². The van der Waals surface area contributed by atoms with Gasteiger partial charge in [-0.1, -0.05) is 12.5 Å². The average Bonchev–Trinajstić information content (AvgIpc) is 2.87. The van der Waals surface area contributed by atoms with Crippen LogP contribution in [0.15, 0.2) is 54.9 Å². The number of rotatable bonds is 9. The van der Waals surface area contributed by atoms with Gasteiger partial charge in [-0.15, -0.1) is 0 Å². The highest BCUT2D eigenvalue weighted by molar-refractivity contribution is 5.99. The average molecular weight is 477 g/mol. The Kier molecular flexibility index (Phi) is 8.34. The summed E-state index contributed by atoms with van der Waals surface area (Å²) >= 11 is 0. The molecule has 184 valence electrons. The molecule has 0 saturated carbocycles. The predicted octanol–water partition coefficient (Wildman–Crippen LogP) is 5.34. The van der Waals surface area contributed by atoms with Crippen LogP contribution in [0, 0.1) is 0 Å². The van der Waals surface area contributed by atoms with Crippen LogP contribution in [0.3, 0.4) is 0 Å². The lowest BCUT2D eigenvalue weighted by Gasteiger charge is -2.27. The molecule has 2 aromatic carbocycles. The van der Waals surface area contributed by atoms with Crippen molar-refractivity contribution in [2.75, 3.05) is 42.7 Å². The highest BCUT2D eigenvalue weighted by atomic mass is 16.5. The van der Waals surface area contributed by atoms with E-state index >= 15 is 0 Å². The largest absolute Gasteiger partial charge is 0.496 e. The van der Waals surface area contributed by atoms with Gasteiger partial charge in [-0.2, -0.15) is 0 Å². The quantitative estimate of drug-likeness (QED) is 0.383. The van der Waals surface area contributed by atoms with Gasteiger partial charge in [0.05, 0.1) is 7.11 Å². The van der Waals surface area contributed by atoms with Crippen molar-refractivity contribution in [3.8, 4) is 17.4 Å². The maximum Gasteiger partial charge on any atom is 0.323 e. The standard InChI is InChI=1S/C26H32N6O3/c1-3-27-24-16-25(29-18-28-24)35-22-11-9-20(10-12-22)30-26(33)31-21-8-7-19(23(15-21)34-2)17-32-13-5-4-6-14-32/h7-12,15-16,18H,3-6,13-14,17H2,1-2H3,(H,27,28,29)(H2,30,31,33). The van der Waals surface area contributed by atoms with E-state index in [4.69, 9.17) is 9.47 Å². The highest BCUT2D eigenvalue weighted by Crippen LogP contribution is 2.26. The summed E-state index contributed by atoms with van der Waals surface area (Å²) in [5, 5.41) is 8.82. The number of hydrogen-bond donors (Lipinski definition) is 3. The SMILES string of the molecule is CCNc1cc(Oc2ccc(NC(=O)Nc3ccc(CN4CCCCC4)c(OC)c3)cc2)ncn1. The fraction of sp³-hybridized carbons (Fsp3) is 0.346. The van der Waals surface area contributed by atoms with E-state index in [9.17, 15) is 4.79 Å². The van der Waals surface area contributed by atoms with Crippen LogP contribution in [-0.4, -0.2) is 47.6 Å². The molecule has 1 aromatic heterocycles. The van der Waals surface area contributed by atoms with Gasteiger partial charge in [-0.25, -0.2) is 14.8 Å². The summed E-state index contributed by atoms with van der Waals surface area (Å²) in [6, 6.07) is 14.2. The number of carbonyl (C=O) groups excluding carboxylic acids is 1. The molecular weight excluding hydrogens is 444 g/mol. The molecule has 3 aromatic rings. The molecule has 0 bridgehead atoms. The number of amides is 2. The second-order valence-electron chi connectivity index (χ2n) is 8.34. The van der Waals surface area contributed by atoms with Gasteiger partial charge in [0.1, 0.15) is 23.6 Å². The summed E-state index contributed by atoms with van der Waals surface area (Å²) in [6.45, 7) is 5.84. The predicted molar refractivity (Wildman–Crippen MR) is 137 cm³/mol. The van der Waals surface area contributed by atoms with Gasteiger partial charge in [-0.05, 0) is 63.2 Å². The summed E-state index contributed by atoms with van der Waals surface area (Å²) in [4.78, 5) is 23.2. The van der Waals surface area contributed by atoms with Crippen LogP contribution >= 0.6 is 0 Å². The molecule has 0 unspecified atom stereocenters. The molecule has 4 rings (SSSR count). The van der Waals surface area contributed by atoms with E-state index in [1.807, 2.05) is 25.1 Å². The fourth-order valence-electron chi connectivity index (χ4n) is 4.00. The number of ether oxygens (including phenoxy) is 2. The molecule has 0 aliphatic carbocycles. The topological polar surface area (TPSA) is 101 Å². The second kappa shape index (κ2) is 12.0. The lowest BCUT2D eigenvalue weighted by molar-refractivity contribution is 0.218. The lowest BCUT2D eigenvalue weighted by atomic mass is 10.1. The number of likely N-dealkylation sites (tertiary alicyclic amines) is 1. The first-order valence-corrected chi connectivity index (χ1v) is 11.9. The Morgan fingerprint density at radius 1 is 0.971 bits per heavy atom. The molecule has 0 spiro atoms. The first-order valence-electron chi connectivity index (χ1n) is 11.9. The maximum atomic E-state index is 12.5. The Bertz CT molecular complexity index is 1120. The molecule has 9 heteroatoms. The van der Waals surface area contributed by atoms with Crippen molar-refractivity contribution in [2.24, 2.45) is 0 Å². The Balaban J connectivity index is 1.32. The summed E-state index contributed by atoms with van der Waals surface area (Å²) < 4.78 is 11.4. The monoisotopic (exact) mass is 476 g/mol. The molecule has 2 heterocycles. The minimum absolute atomic E-state index is 0.337. The minimum Gasteiger partial charge on any atom is -0.496 e. The first kappa shape index (κ1) is 24.3. The van der Waals surface area contributed by atoms with E-state index in [0.29, 0.717) is 28.8 Å². The molecule has 1 saturated heterocycles. The van der Waals surface area contributed by atoms with Crippen LogP contribution in [0.1, 0.15) is 31.7 Å². The molecular formula is C26H32N6O3. The van der Waals surface area contributed by atoms with Crippen molar-refractivity contribution in [1.82, 2.24) is 14.9 Å². The molecule has 2 amide bonds. The Morgan fingerprint density at radius 3 is 2.46 bits per heavy atom. The van der Waals surface area contributed by atoms with Crippen molar-refractivity contribution >= 4 is 23.2 Å². The van der Waals surface area contributed by atoms with Crippen LogP contribution in [0.4, 0.5) is 22.0 Å². The number of carbonyl (C=O) groups is 1. The van der Waals surface area contributed by atoms with E-state index in [1.54, 1.807) is 37.4 Å². The number of piperidine rings is 1. The van der Waals surface area contributed by atoms with Crippen LogP contribution in [0.5, 0.6) is 17.4 Å². The summed E-state index contributed by atoms with van der Waals surface area (Å²) in [5.41, 5.74) is 2.43. The summed E-state index contributed by atoms with van der Waals surface area (Å²) in [6.07, 6.45) is 5.24. The minimum atomic E-state index is -0.337. The number of aromatic nitrogens is 2. The lowest BCUT2D eigenvalue weighted by Crippen LogP contribution is -2.29. The Morgan fingerprint density at radius 2 is 1.71 bits per heavy atom. The van der Waals surface area contributed by atoms with Gasteiger partial charge in [-0.3, -0.25) is 4.90 Å². The Hall–Kier alpha value is -3.85. The van der Waals surface area contributed by atoms with E-state index in [1.165, 1.54) is 25.6 Å². The molecule has 3 N–H and O–H groups in total. The third kappa shape index (κ3) is 7.07. The highest BCUT2D eigenvalue weighted by Gasteiger charge is 2.14. The normalized spacial score (nSPS) is 13.7. The number of nitrogens with one attached hydrogen (secondary N) is 3. The first-order chi connectivity index (χ1) is 17.1. The van der Waals surface area contributed by atoms with Gasteiger partial charge in [0.2, 0.25) is 5.88 Å². The zero-order valence-electron chi connectivity index (χ0n) is 20.2. The zero-order valence-corrected chi connectivity index (χ0v) is 20.2. The third-order valence-corrected chi connectivity index (χ3v) is 5.72. The number of hydrogen-bond acceptors (Lipinski definition) is 7. The molecule has 9 nitrogen and oxygen atoms in total. The zero-order chi connectivity index (χ0) is 24.5. The van der Waals surface area contributed by atoms with Crippen LogP contribution in [0.25, 0.3) is 0 Å². The van der Waals surface area contributed by atoms with Crippen molar-refractivity contribution in [2.45, 2.75) is 32.7 Å². The smallest absolute Gasteiger partial charge is 0.323 e. The molecule has 1 aliphatic heterocycles. The molecule has 0 radical (unpaired) electrons. The van der Waals surface area contributed by atoms with Crippen LogP contribution < -0.4 is 25.4 Å². The van der Waals surface area contributed by atoms with E-state index in [-0.39, 0.29) is 6.03 Å². The van der Waals surface area contributed by atoms with Gasteiger partial charge < -0.3 is 25.4 Å². The van der Waals surface area contributed by atoms with Crippen molar-refractivity contribution < 1.29 is 14.3 Å². The second-order valence-corrected chi connectivity index (χ2v) is 8.34. The number of nitrogens with zero attached hydrogens (tertiary/aromatic N) is 3. The number of urea groups is 1. The number of benzene rings is 2. The number of methoxy groups -OCH3 is 1. The summed E-state index contributed by atoms with van der Waals surface area (Å²) in [7, 11) is 1.66. The van der Waals surface area contributed by atoms with Gasteiger partial charge >= 0.3 is 6.03 Å². The van der Waals surface area contributed by atoms with Crippen molar-refractivity contribution in [3.05, 3.63) is 60.4 Å².